The van der Waals surface area contributed by atoms with Crippen molar-refractivity contribution in [3.05, 3.63) is 0 Å². The monoisotopic (exact) mass is 352 g/mol. The molecule has 0 amide bonds. The molecular formula is C25H52. The van der Waals surface area contributed by atoms with Crippen LogP contribution >= 0.6 is 0 Å². The van der Waals surface area contributed by atoms with E-state index in [-0.39, 0.29) is 0 Å². The minimum Gasteiger partial charge on any atom is -0.0654 e. The molecule has 0 aromatic carbocycles. The Labute approximate surface area is 161 Å². The Morgan fingerprint density at radius 3 is 0.920 bits per heavy atom. The van der Waals surface area contributed by atoms with E-state index in [1.165, 1.54) is 135 Å². The maximum Gasteiger partial charge on any atom is -0.0417 e. The summed E-state index contributed by atoms with van der Waals surface area (Å²) in [4.78, 5) is 0. The van der Waals surface area contributed by atoms with Gasteiger partial charge >= 0.3 is 0 Å². The second kappa shape index (κ2) is 22.0. The Kier molecular flexibility index (Phi) is 22.0. The van der Waals surface area contributed by atoms with Crippen LogP contribution in [-0.2, 0) is 0 Å². The second-order valence-corrected chi connectivity index (χ2v) is 8.51. The third-order valence-corrected chi connectivity index (χ3v) is 6.01. The lowest BCUT2D eigenvalue weighted by atomic mass is 9.92. The summed E-state index contributed by atoms with van der Waals surface area (Å²) >= 11 is 0. The first-order valence-corrected chi connectivity index (χ1v) is 12.3. The lowest BCUT2D eigenvalue weighted by Gasteiger charge is -2.14. The number of rotatable bonds is 21. The van der Waals surface area contributed by atoms with E-state index in [4.69, 9.17) is 0 Å². The van der Waals surface area contributed by atoms with Gasteiger partial charge in [0, 0.05) is 0 Å². The van der Waals surface area contributed by atoms with Crippen molar-refractivity contribution >= 4 is 0 Å². The van der Waals surface area contributed by atoms with Crippen LogP contribution in [0.25, 0.3) is 0 Å². The van der Waals surface area contributed by atoms with E-state index in [0.29, 0.717) is 0 Å². The molecule has 0 aromatic heterocycles. The zero-order chi connectivity index (χ0) is 18.4. The summed E-state index contributed by atoms with van der Waals surface area (Å²) < 4.78 is 0. The summed E-state index contributed by atoms with van der Waals surface area (Å²) in [7, 11) is 0. The Balaban J connectivity index is 3.28. The predicted molar refractivity (Wildman–Crippen MR) is 117 cm³/mol. The van der Waals surface area contributed by atoms with Gasteiger partial charge in [-0.3, -0.25) is 0 Å². The molecule has 0 heteroatoms. The first kappa shape index (κ1) is 25.0. The van der Waals surface area contributed by atoms with Crippen molar-refractivity contribution in [2.45, 2.75) is 156 Å². The van der Waals surface area contributed by atoms with Gasteiger partial charge in [0.05, 0.1) is 0 Å². The van der Waals surface area contributed by atoms with Crippen LogP contribution in [0, 0.1) is 5.92 Å². The quantitative estimate of drug-likeness (QED) is 0.180. The van der Waals surface area contributed by atoms with E-state index in [1.807, 2.05) is 0 Å². The third-order valence-electron chi connectivity index (χ3n) is 6.01. The molecule has 0 nitrogen and oxygen atoms in total. The van der Waals surface area contributed by atoms with E-state index < -0.39 is 0 Å². The smallest absolute Gasteiger partial charge is 0.0417 e. The number of unbranched alkanes of at least 4 members (excludes halogenated alkanes) is 16. The van der Waals surface area contributed by atoms with Crippen LogP contribution in [0.5, 0.6) is 0 Å². The molecule has 0 saturated carbocycles. The molecule has 0 heterocycles. The lowest BCUT2D eigenvalue weighted by molar-refractivity contribution is 0.392. The molecule has 0 aliphatic rings. The standard InChI is InChI=1S/C25H52/c1-4-7-9-11-13-15-17-19-21-23-25(6-3)24-22-20-18-16-14-12-10-8-5-2/h25H,4-24H2,1-3H3. The van der Waals surface area contributed by atoms with Gasteiger partial charge in [-0.15, -0.1) is 0 Å². The van der Waals surface area contributed by atoms with E-state index in [0.717, 1.165) is 5.92 Å². The van der Waals surface area contributed by atoms with Crippen LogP contribution in [0.3, 0.4) is 0 Å². The molecule has 25 heavy (non-hydrogen) atoms. The minimum absolute atomic E-state index is 1.02. The summed E-state index contributed by atoms with van der Waals surface area (Å²) in [5.41, 5.74) is 0. The average molecular weight is 353 g/mol. The summed E-state index contributed by atoms with van der Waals surface area (Å²) in [5.74, 6) is 1.02. The third kappa shape index (κ3) is 20.2. The fourth-order valence-electron chi connectivity index (χ4n) is 4.04. The van der Waals surface area contributed by atoms with Gasteiger partial charge in [0.1, 0.15) is 0 Å². The van der Waals surface area contributed by atoms with Gasteiger partial charge in [-0.05, 0) is 5.92 Å². The normalized spacial score (nSPS) is 11.5. The van der Waals surface area contributed by atoms with Crippen LogP contribution in [0.4, 0.5) is 0 Å². The average Bonchev–Trinajstić information content (AvgIpc) is 2.63. The first-order valence-electron chi connectivity index (χ1n) is 12.3. The molecule has 0 saturated heterocycles. The maximum atomic E-state index is 2.41. The Bertz CT molecular complexity index is 198. The molecule has 0 atom stereocenters. The second-order valence-electron chi connectivity index (χ2n) is 8.51. The maximum absolute atomic E-state index is 2.41. The van der Waals surface area contributed by atoms with Crippen LogP contribution in [0.1, 0.15) is 156 Å². The minimum atomic E-state index is 1.02. The predicted octanol–water partition coefficient (Wildman–Crippen LogP) is 9.85. The van der Waals surface area contributed by atoms with Gasteiger partial charge in [-0.1, -0.05) is 156 Å². The zero-order valence-electron chi connectivity index (χ0n) is 18.4. The van der Waals surface area contributed by atoms with Crippen molar-refractivity contribution in [3.8, 4) is 0 Å². The summed E-state index contributed by atoms with van der Waals surface area (Å²) in [5, 5.41) is 0. The Hall–Kier alpha value is 0. The number of hydrogen-bond donors (Lipinski definition) is 0. The van der Waals surface area contributed by atoms with E-state index >= 15 is 0 Å². The molecule has 0 spiro atoms. The molecular weight excluding hydrogens is 300 g/mol. The van der Waals surface area contributed by atoms with Gasteiger partial charge in [-0.2, -0.15) is 0 Å². The highest BCUT2D eigenvalue weighted by Crippen LogP contribution is 2.22. The van der Waals surface area contributed by atoms with E-state index in [1.54, 1.807) is 0 Å². The van der Waals surface area contributed by atoms with Crippen LogP contribution in [-0.4, -0.2) is 0 Å². The fraction of sp³-hybridized carbons (Fsp3) is 1.00. The Morgan fingerprint density at radius 1 is 0.360 bits per heavy atom. The van der Waals surface area contributed by atoms with Gasteiger partial charge in [0.2, 0.25) is 0 Å². The largest absolute Gasteiger partial charge is 0.0654 e. The molecule has 0 aliphatic heterocycles. The van der Waals surface area contributed by atoms with Crippen molar-refractivity contribution in [1.82, 2.24) is 0 Å². The highest BCUT2D eigenvalue weighted by atomic mass is 14.1. The molecule has 0 aliphatic carbocycles. The zero-order valence-corrected chi connectivity index (χ0v) is 18.4. The van der Waals surface area contributed by atoms with Gasteiger partial charge in [-0.25, -0.2) is 0 Å². The number of hydrogen-bond acceptors (Lipinski definition) is 0. The summed E-state index contributed by atoms with van der Waals surface area (Å²) in [6, 6.07) is 0. The molecule has 0 unspecified atom stereocenters. The molecule has 0 aromatic rings. The van der Waals surface area contributed by atoms with Crippen molar-refractivity contribution in [2.75, 3.05) is 0 Å². The van der Waals surface area contributed by atoms with Crippen molar-refractivity contribution in [2.24, 2.45) is 5.92 Å². The van der Waals surface area contributed by atoms with Crippen molar-refractivity contribution < 1.29 is 0 Å². The lowest BCUT2D eigenvalue weighted by Crippen LogP contribution is -1.99. The van der Waals surface area contributed by atoms with Gasteiger partial charge < -0.3 is 0 Å². The van der Waals surface area contributed by atoms with Crippen molar-refractivity contribution in [1.29, 1.82) is 0 Å². The van der Waals surface area contributed by atoms with Crippen LogP contribution in [0.15, 0.2) is 0 Å². The fourth-order valence-corrected chi connectivity index (χ4v) is 4.04. The SMILES string of the molecule is CCCCCCCCCCCC(CC)CCCCCCCCCCC. The van der Waals surface area contributed by atoms with Gasteiger partial charge in [0.25, 0.3) is 0 Å². The van der Waals surface area contributed by atoms with Crippen molar-refractivity contribution in [3.63, 3.8) is 0 Å². The van der Waals surface area contributed by atoms with Gasteiger partial charge in [0.15, 0.2) is 0 Å². The Morgan fingerprint density at radius 2 is 0.640 bits per heavy atom. The van der Waals surface area contributed by atoms with Crippen LogP contribution < -0.4 is 0 Å². The first-order chi connectivity index (χ1) is 12.3. The van der Waals surface area contributed by atoms with E-state index in [2.05, 4.69) is 20.8 Å². The molecule has 0 rings (SSSR count). The van der Waals surface area contributed by atoms with E-state index in [9.17, 15) is 0 Å². The summed E-state index contributed by atoms with van der Waals surface area (Å²) in [6.07, 6.45) is 30.8. The molecule has 0 radical (unpaired) electrons. The molecule has 0 N–H and O–H groups in total. The molecule has 0 fully saturated rings. The molecule has 0 bridgehead atoms. The highest BCUT2D eigenvalue weighted by Gasteiger charge is 2.05. The summed E-state index contributed by atoms with van der Waals surface area (Å²) in [6.45, 7) is 7.02. The highest BCUT2D eigenvalue weighted by molar-refractivity contribution is 4.59. The topological polar surface area (TPSA) is 0 Å². The molecule has 152 valence electrons. The van der Waals surface area contributed by atoms with Crippen LogP contribution in [0.2, 0.25) is 0 Å².